The van der Waals surface area contributed by atoms with Crippen LogP contribution in [0.3, 0.4) is 0 Å². The van der Waals surface area contributed by atoms with Crippen LogP contribution in [0.1, 0.15) is 90.9 Å². The lowest BCUT2D eigenvalue weighted by molar-refractivity contribution is -0.0531. The second kappa shape index (κ2) is 8.18. The van der Waals surface area contributed by atoms with Crippen molar-refractivity contribution in [1.29, 1.82) is 0 Å². The van der Waals surface area contributed by atoms with Crippen molar-refractivity contribution in [2.24, 2.45) is 29.6 Å². The molecule has 6 atom stereocenters. The SMILES string of the molecule is CCCC[C@H]1CCC2C(CCC3C[C@@H](OCCC)CCC32)C1. The number of hydrogen-bond acceptors (Lipinski definition) is 1. The third-order valence-corrected chi connectivity index (χ3v) is 7.12. The number of unbranched alkanes of at least 4 members (excludes halogenated alkanes) is 1. The fraction of sp³-hybridized carbons (Fsp3) is 1.00. The van der Waals surface area contributed by atoms with Crippen molar-refractivity contribution in [2.45, 2.75) is 97.0 Å². The van der Waals surface area contributed by atoms with Gasteiger partial charge in [0.1, 0.15) is 0 Å². The van der Waals surface area contributed by atoms with Gasteiger partial charge in [0.2, 0.25) is 0 Å². The van der Waals surface area contributed by atoms with Crippen LogP contribution in [0.25, 0.3) is 0 Å². The summed E-state index contributed by atoms with van der Waals surface area (Å²) in [6.07, 6.45) is 18.1. The van der Waals surface area contributed by atoms with E-state index in [2.05, 4.69) is 13.8 Å². The zero-order valence-electron chi connectivity index (χ0n) is 15.1. The molecular formula is C21H38O. The summed E-state index contributed by atoms with van der Waals surface area (Å²) in [6.45, 7) is 5.55. The maximum absolute atomic E-state index is 6.08. The van der Waals surface area contributed by atoms with Crippen molar-refractivity contribution < 1.29 is 4.74 Å². The first-order chi connectivity index (χ1) is 10.8. The Balaban J connectivity index is 1.51. The Kier molecular flexibility index (Phi) is 6.24. The van der Waals surface area contributed by atoms with E-state index in [1.54, 1.807) is 19.3 Å². The minimum absolute atomic E-state index is 0.596. The van der Waals surface area contributed by atoms with Gasteiger partial charge in [-0.15, -0.1) is 0 Å². The standard InChI is InChI=1S/C21H38O/c1-3-5-6-16-7-11-20-17(14-16)8-9-18-15-19(22-13-4-2)10-12-21(18)20/h16-21H,3-15H2,1-2H3/t16-,17?,18?,19-,20?,21?/m0/s1. The Bertz CT molecular complexity index is 294. The predicted molar refractivity (Wildman–Crippen MR) is 93.9 cm³/mol. The Morgan fingerprint density at radius 3 is 2.23 bits per heavy atom. The minimum atomic E-state index is 0.596. The van der Waals surface area contributed by atoms with E-state index in [9.17, 15) is 0 Å². The van der Waals surface area contributed by atoms with E-state index in [0.717, 1.165) is 36.2 Å². The van der Waals surface area contributed by atoms with Crippen LogP contribution in [0.4, 0.5) is 0 Å². The summed E-state index contributed by atoms with van der Waals surface area (Å²) in [5.41, 5.74) is 0. The van der Waals surface area contributed by atoms with E-state index >= 15 is 0 Å². The van der Waals surface area contributed by atoms with Crippen LogP contribution >= 0.6 is 0 Å². The van der Waals surface area contributed by atoms with E-state index in [1.807, 2.05) is 0 Å². The molecule has 0 aromatic carbocycles. The fourth-order valence-electron chi connectivity index (χ4n) is 6.04. The Hall–Kier alpha value is -0.0400. The highest BCUT2D eigenvalue weighted by atomic mass is 16.5. The molecule has 0 saturated heterocycles. The van der Waals surface area contributed by atoms with Gasteiger partial charge in [-0.3, -0.25) is 0 Å². The molecule has 0 amide bonds. The van der Waals surface area contributed by atoms with Gasteiger partial charge in [-0.2, -0.15) is 0 Å². The quantitative estimate of drug-likeness (QED) is 0.566. The Morgan fingerprint density at radius 1 is 0.773 bits per heavy atom. The lowest BCUT2D eigenvalue weighted by Gasteiger charge is -2.50. The number of hydrogen-bond donors (Lipinski definition) is 0. The van der Waals surface area contributed by atoms with Crippen molar-refractivity contribution >= 4 is 0 Å². The maximum Gasteiger partial charge on any atom is 0.0578 e. The molecule has 3 aliphatic carbocycles. The van der Waals surface area contributed by atoms with Gasteiger partial charge in [0.15, 0.2) is 0 Å². The summed E-state index contributed by atoms with van der Waals surface area (Å²) in [5.74, 6) is 5.31. The van der Waals surface area contributed by atoms with Crippen LogP contribution < -0.4 is 0 Å². The van der Waals surface area contributed by atoms with Crippen LogP contribution in [0.15, 0.2) is 0 Å². The monoisotopic (exact) mass is 306 g/mol. The van der Waals surface area contributed by atoms with E-state index in [4.69, 9.17) is 4.74 Å². The van der Waals surface area contributed by atoms with Crippen LogP contribution in [0.5, 0.6) is 0 Å². The van der Waals surface area contributed by atoms with E-state index in [1.165, 1.54) is 57.8 Å². The smallest absolute Gasteiger partial charge is 0.0578 e. The van der Waals surface area contributed by atoms with Crippen LogP contribution in [-0.4, -0.2) is 12.7 Å². The molecule has 0 radical (unpaired) electrons. The normalized spacial score (nSPS) is 41.7. The van der Waals surface area contributed by atoms with Gasteiger partial charge in [-0.05, 0) is 81.0 Å². The van der Waals surface area contributed by atoms with Gasteiger partial charge < -0.3 is 4.74 Å². The average Bonchev–Trinajstić information content (AvgIpc) is 2.57. The van der Waals surface area contributed by atoms with Gasteiger partial charge in [0.25, 0.3) is 0 Å². The molecule has 1 nitrogen and oxygen atoms in total. The van der Waals surface area contributed by atoms with Crippen LogP contribution in [-0.2, 0) is 4.74 Å². The summed E-state index contributed by atoms with van der Waals surface area (Å²) in [4.78, 5) is 0. The van der Waals surface area contributed by atoms with Crippen molar-refractivity contribution in [2.75, 3.05) is 6.61 Å². The number of rotatable bonds is 6. The molecule has 3 saturated carbocycles. The molecule has 3 fully saturated rings. The van der Waals surface area contributed by atoms with Crippen LogP contribution in [0, 0.1) is 29.6 Å². The highest BCUT2D eigenvalue weighted by Gasteiger charge is 2.44. The molecule has 1 heteroatoms. The molecule has 0 bridgehead atoms. The molecule has 0 spiro atoms. The van der Waals surface area contributed by atoms with E-state index in [0.29, 0.717) is 6.10 Å². The summed E-state index contributed by atoms with van der Waals surface area (Å²) in [6, 6.07) is 0. The van der Waals surface area contributed by atoms with Crippen molar-refractivity contribution in [3.05, 3.63) is 0 Å². The lowest BCUT2D eigenvalue weighted by Crippen LogP contribution is -2.42. The molecule has 0 aromatic rings. The summed E-state index contributed by atoms with van der Waals surface area (Å²) in [5, 5.41) is 0. The molecule has 0 aliphatic heterocycles. The molecule has 0 N–H and O–H groups in total. The molecule has 0 aromatic heterocycles. The van der Waals surface area contributed by atoms with Crippen molar-refractivity contribution in [3.8, 4) is 0 Å². The molecule has 22 heavy (non-hydrogen) atoms. The zero-order valence-corrected chi connectivity index (χ0v) is 15.1. The Labute approximate surface area is 138 Å². The van der Waals surface area contributed by atoms with Gasteiger partial charge in [0.05, 0.1) is 6.10 Å². The molecule has 3 rings (SSSR count). The summed E-state index contributed by atoms with van der Waals surface area (Å²) >= 11 is 0. The van der Waals surface area contributed by atoms with E-state index in [-0.39, 0.29) is 0 Å². The maximum atomic E-state index is 6.08. The zero-order chi connectivity index (χ0) is 15.4. The van der Waals surface area contributed by atoms with Gasteiger partial charge in [-0.25, -0.2) is 0 Å². The molecular weight excluding hydrogens is 268 g/mol. The van der Waals surface area contributed by atoms with Crippen LogP contribution in [0.2, 0.25) is 0 Å². The second-order valence-corrected chi connectivity index (χ2v) is 8.55. The average molecular weight is 307 g/mol. The van der Waals surface area contributed by atoms with E-state index < -0.39 is 0 Å². The molecule has 0 heterocycles. The van der Waals surface area contributed by atoms with Gasteiger partial charge >= 0.3 is 0 Å². The molecule has 3 aliphatic rings. The Morgan fingerprint density at radius 2 is 1.50 bits per heavy atom. The van der Waals surface area contributed by atoms with Crippen molar-refractivity contribution in [3.63, 3.8) is 0 Å². The highest BCUT2D eigenvalue weighted by molar-refractivity contribution is 4.94. The van der Waals surface area contributed by atoms with Gasteiger partial charge in [-0.1, -0.05) is 39.5 Å². The topological polar surface area (TPSA) is 9.23 Å². The second-order valence-electron chi connectivity index (χ2n) is 8.55. The van der Waals surface area contributed by atoms with Crippen molar-refractivity contribution in [1.82, 2.24) is 0 Å². The first-order valence-electron chi connectivity index (χ1n) is 10.4. The highest BCUT2D eigenvalue weighted by Crippen LogP contribution is 2.53. The first kappa shape index (κ1) is 16.8. The predicted octanol–water partition coefficient (Wildman–Crippen LogP) is 6.21. The largest absolute Gasteiger partial charge is 0.378 e. The molecule has 128 valence electrons. The number of ether oxygens (including phenoxy) is 1. The lowest BCUT2D eigenvalue weighted by atomic mass is 9.56. The minimum Gasteiger partial charge on any atom is -0.378 e. The fourth-order valence-corrected chi connectivity index (χ4v) is 6.04. The number of fused-ring (bicyclic) bond motifs is 3. The molecule has 4 unspecified atom stereocenters. The summed E-state index contributed by atoms with van der Waals surface area (Å²) in [7, 11) is 0. The first-order valence-corrected chi connectivity index (χ1v) is 10.4. The third kappa shape index (κ3) is 3.89. The van der Waals surface area contributed by atoms with Gasteiger partial charge in [0, 0.05) is 6.61 Å². The summed E-state index contributed by atoms with van der Waals surface area (Å²) < 4.78 is 6.08. The third-order valence-electron chi connectivity index (χ3n) is 7.12.